The maximum atomic E-state index is 12.7. The van der Waals surface area contributed by atoms with E-state index in [1.165, 1.54) is 0 Å². The number of nitrogens with zero attached hydrogens (tertiary/aromatic N) is 1. The van der Waals surface area contributed by atoms with Gasteiger partial charge in [0.1, 0.15) is 0 Å². The number of aliphatic hydroxyl groups excluding tert-OH is 1. The Kier molecular flexibility index (Phi) is 4.96. The van der Waals surface area contributed by atoms with Crippen LogP contribution in [-0.4, -0.2) is 34.6 Å². The van der Waals surface area contributed by atoms with E-state index in [1.807, 2.05) is 17.0 Å². The van der Waals surface area contributed by atoms with Crippen molar-refractivity contribution in [2.45, 2.75) is 50.7 Å². The molecule has 2 fully saturated rings. The molecular weight excluding hydrogens is 321 g/mol. The maximum absolute atomic E-state index is 12.7. The quantitative estimate of drug-likeness (QED) is 0.910. The summed E-state index contributed by atoms with van der Waals surface area (Å²) in [4.78, 5) is 14.7. The van der Waals surface area contributed by atoms with Crippen LogP contribution in [0.3, 0.4) is 0 Å². The third-order valence-electron chi connectivity index (χ3n) is 4.94. The second-order valence-electron chi connectivity index (χ2n) is 6.42. The summed E-state index contributed by atoms with van der Waals surface area (Å²) in [6.07, 6.45) is 4.84. The van der Waals surface area contributed by atoms with Crippen molar-refractivity contribution in [3.05, 3.63) is 33.8 Å². The summed E-state index contributed by atoms with van der Waals surface area (Å²) in [6.45, 7) is 0.829. The normalized spacial score (nSPS) is 29.1. The standard InChI is InChI=1S/C17H21Cl2NO2/c18-13-2-1-11(16(19)10-13)9-12-7-8-20(17(12)22)14-3-5-15(21)6-4-14/h1-2,10,12,14-15,21H,3-9H2/t12?,14-,15+. The molecule has 1 amide bonds. The van der Waals surface area contributed by atoms with Gasteiger partial charge in [0, 0.05) is 28.5 Å². The number of rotatable bonds is 3. The molecular formula is C17H21Cl2NO2. The van der Waals surface area contributed by atoms with Crippen LogP contribution in [0.15, 0.2) is 18.2 Å². The van der Waals surface area contributed by atoms with Crippen molar-refractivity contribution in [1.29, 1.82) is 0 Å². The molecule has 0 bridgehead atoms. The zero-order valence-electron chi connectivity index (χ0n) is 12.5. The Morgan fingerprint density at radius 3 is 2.55 bits per heavy atom. The van der Waals surface area contributed by atoms with Gasteiger partial charge in [-0.05, 0) is 56.2 Å². The highest BCUT2D eigenvalue weighted by Crippen LogP contribution is 2.32. The first-order valence-corrected chi connectivity index (χ1v) is 8.72. The Hall–Kier alpha value is -0.770. The zero-order valence-corrected chi connectivity index (χ0v) is 14.0. The van der Waals surface area contributed by atoms with E-state index in [9.17, 15) is 9.90 Å². The molecule has 1 atom stereocenters. The lowest BCUT2D eigenvalue weighted by atomic mass is 9.92. The smallest absolute Gasteiger partial charge is 0.226 e. The number of aliphatic hydroxyl groups is 1. The summed E-state index contributed by atoms with van der Waals surface area (Å²) >= 11 is 12.1. The minimum Gasteiger partial charge on any atom is -0.393 e. The van der Waals surface area contributed by atoms with Crippen LogP contribution in [0.2, 0.25) is 10.0 Å². The van der Waals surface area contributed by atoms with E-state index in [-0.39, 0.29) is 17.9 Å². The highest BCUT2D eigenvalue weighted by molar-refractivity contribution is 6.35. The summed E-state index contributed by atoms with van der Waals surface area (Å²) in [5.74, 6) is 0.262. The topological polar surface area (TPSA) is 40.5 Å². The van der Waals surface area contributed by atoms with Crippen LogP contribution in [0.5, 0.6) is 0 Å². The number of carbonyl (C=O) groups is 1. The number of likely N-dealkylation sites (tertiary alicyclic amines) is 1. The van der Waals surface area contributed by atoms with Crippen LogP contribution < -0.4 is 0 Å². The van der Waals surface area contributed by atoms with E-state index in [1.54, 1.807) is 6.07 Å². The fourth-order valence-electron chi connectivity index (χ4n) is 3.64. The molecule has 1 aliphatic heterocycles. The molecule has 1 N–H and O–H groups in total. The summed E-state index contributed by atoms with van der Waals surface area (Å²) in [5, 5.41) is 10.9. The van der Waals surface area contributed by atoms with Crippen LogP contribution in [0.4, 0.5) is 0 Å². The van der Waals surface area contributed by atoms with Gasteiger partial charge in [0.15, 0.2) is 0 Å². The fourth-order valence-corrected chi connectivity index (χ4v) is 4.12. The van der Waals surface area contributed by atoms with E-state index in [2.05, 4.69) is 0 Å². The van der Waals surface area contributed by atoms with Crippen LogP contribution in [0, 0.1) is 5.92 Å². The number of carbonyl (C=O) groups excluding carboxylic acids is 1. The molecule has 1 saturated carbocycles. The highest BCUT2D eigenvalue weighted by Gasteiger charge is 2.37. The molecule has 3 nitrogen and oxygen atoms in total. The van der Waals surface area contributed by atoms with Gasteiger partial charge < -0.3 is 10.0 Å². The third kappa shape index (κ3) is 3.42. The van der Waals surface area contributed by atoms with Gasteiger partial charge in [-0.2, -0.15) is 0 Å². The van der Waals surface area contributed by atoms with Gasteiger partial charge in [-0.15, -0.1) is 0 Å². The third-order valence-corrected chi connectivity index (χ3v) is 5.53. The largest absolute Gasteiger partial charge is 0.393 e. The minimum atomic E-state index is -0.183. The molecule has 0 radical (unpaired) electrons. The number of halogens is 2. The van der Waals surface area contributed by atoms with Gasteiger partial charge in [-0.3, -0.25) is 4.79 Å². The van der Waals surface area contributed by atoms with Crippen LogP contribution in [-0.2, 0) is 11.2 Å². The summed E-state index contributed by atoms with van der Waals surface area (Å²) < 4.78 is 0. The number of benzene rings is 1. The Labute approximate surface area is 141 Å². The summed E-state index contributed by atoms with van der Waals surface area (Å²) in [7, 11) is 0. The van der Waals surface area contributed by atoms with Gasteiger partial charge in [0.25, 0.3) is 0 Å². The molecule has 1 heterocycles. The average Bonchev–Trinajstić information content (AvgIpc) is 2.84. The minimum absolute atomic E-state index is 0.0190. The molecule has 1 aromatic carbocycles. The Balaban J connectivity index is 1.63. The van der Waals surface area contributed by atoms with E-state index in [0.717, 1.165) is 44.2 Å². The molecule has 1 aliphatic carbocycles. The van der Waals surface area contributed by atoms with Gasteiger partial charge in [-0.25, -0.2) is 0 Å². The molecule has 0 spiro atoms. The van der Waals surface area contributed by atoms with E-state index >= 15 is 0 Å². The van der Waals surface area contributed by atoms with Gasteiger partial charge >= 0.3 is 0 Å². The van der Waals surface area contributed by atoms with Crippen molar-refractivity contribution < 1.29 is 9.90 Å². The number of amides is 1. The van der Waals surface area contributed by atoms with Gasteiger partial charge in [-0.1, -0.05) is 29.3 Å². The monoisotopic (exact) mass is 341 g/mol. The van der Waals surface area contributed by atoms with Crippen LogP contribution in [0.25, 0.3) is 0 Å². The number of hydrogen-bond donors (Lipinski definition) is 1. The molecule has 22 heavy (non-hydrogen) atoms. The van der Waals surface area contributed by atoms with Gasteiger partial charge in [0.05, 0.1) is 6.10 Å². The predicted octanol–water partition coefficient (Wildman–Crippen LogP) is 3.69. The first-order chi connectivity index (χ1) is 10.5. The predicted molar refractivity (Wildman–Crippen MR) is 88.2 cm³/mol. The Morgan fingerprint density at radius 1 is 1.14 bits per heavy atom. The molecule has 0 aromatic heterocycles. The summed E-state index contributed by atoms with van der Waals surface area (Å²) in [6, 6.07) is 5.78. The van der Waals surface area contributed by atoms with Crippen molar-refractivity contribution >= 4 is 29.1 Å². The van der Waals surface area contributed by atoms with Crippen molar-refractivity contribution in [3.8, 4) is 0 Å². The maximum Gasteiger partial charge on any atom is 0.226 e. The molecule has 120 valence electrons. The second-order valence-corrected chi connectivity index (χ2v) is 7.26. The van der Waals surface area contributed by atoms with Gasteiger partial charge in [0.2, 0.25) is 5.91 Å². The molecule has 1 aromatic rings. The first kappa shape index (κ1) is 16.1. The fraction of sp³-hybridized carbons (Fsp3) is 0.588. The van der Waals surface area contributed by atoms with E-state index < -0.39 is 0 Å². The molecule has 2 aliphatic rings. The lowest BCUT2D eigenvalue weighted by Gasteiger charge is -2.33. The van der Waals surface area contributed by atoms with Crippen LogP contribution in [0.1, 0.15) is 37.7 Å². The van der Waals surface area contributed by atoms with Crippen LogP contribution >= 0.6 is 23.2 Å². The lowest BCUT2D eigenvalue weighted by molar-refractivity contribution is -0.133. The van der Waals surface area contributed by atoms with E-state index in [4.69, 9.17) is 23.2 Å². The summed E-state index contributed by atoms with van der Waals surface area (Å²) in [5.41, 5.74) is 0.991. The Bertz CT molecular complexity index is 556. The van der Waals surface area contributed by atoms with E-state index in [0.29, 0.717) is 22.5 Å². The molecule has 1 unspecified atom stereocenters. The van der Waals surface area contributed by atoms with Crippen molar-refractivity contribution in [2.75, 3.05) is 6.54 Å². The highest BCUT2D eigenvalue weighted by atomic mass is 35.5. The molecule has 1 saturated heterocycles. The zero-order chi connectivity index (χ0) is 15.7. The second kappa shape index (κ2) is 6.77. The van der Waals surface area contributed by atoms with Crippen molar-refractivity contribution in [3.63, 3.8) is 0 Å². The Morgan fingerprint density at radius 2 is 1.86 bits per heavy atom. The van der Waals surface area contributed by atoms with Crippen molar-refractivity contribution in [2.24, 2.45) is 5.92 Å². The SMILES string of the molecule is O=C1C(Cc2ccc(Cl)cc2Cl)CCN1[C@H]1CC[C@@H](O)CC1. The molecule has 5 heteroatoms. The number of hydrogen-bond acceptors (Lipinski definition) is 2. The van der Waals surface area contributed by atoms with Crippen molar-refractivity contribution in [1.82, 2.24) is 4.90 Å². The lowest BCUT2D eigenvalue weighted by Crippen LogP contribution is -2.41. The average molecular weight is 342 g/mol. The first-order valence-electron chi connectivity index (χ1n) is 7.97. The molecule has 3 rings (SSSR count).